The Balaban J connectivity index is 1.78. The van der Waals surface area contributed by atoms with E-state index in [1.807, 2.05) is 17.0 Å². The number of amides is 2. The van der Waals surface area contributed by atoms with Crippen molar-refractivity contribution >= 4 is 6.03 Å². The van der Waals surface area contributed by atoms with Crippen LogP contribution in [0.4, 0.5) is 4.79 Å². The summed E-state index contributed by atoms with van der Waals surface area (Å²) >= 11 is 0. The van der Waals surface area contributed by atoms with Gasteiger partial charge >= 0.3 is 6.03 Å². The average molecular weight is 321 g/mol. The van der Waals surface area contributed by atoms with Crippen molar-refractivity contribution in [3.8, 4) is 0 Å². The lowest BCUT2D eigenvalue weighted by molar-refractivity contribution is 0.122. The second-order valence-corrected chi connectivity index (χ2v) is 5.90. The molecule has 2 aromatic rings. The fourth-order valence-corrected chi connectivity index (χ4v) is 3.25. The van der Waals surface area contributed by atoms with E-state index < -0.39 is 0 Å². The summed E-state index contributed by atoms with van der Waals surface area (Å²) in [4.78, 5) is 16.2. The number of rotatable bonds is 4. The number of benzene rings is 2. The van der Waals surface area contributed by atoms with Gasteiger partial charge in [-0.2, -0.15) is 0 Å². The molecule has 2 aromatic carbocycles. The van der Waals surface area contributed by atoms with E-state index in [1.54, 1.807) is 0 Å². The van der Waals surface area contributed by atoms with Crippen LogP contribution >= 0.6 is 0 Å². The molecule has 0 spiro atoms. The highest BCUT2D eigenvalue weighted by molar-refractivity contribution is 5.75. The van der Waals surface area contributed by atoms with Crippen LogP contribution in [0.25, 0.3) is 0 Å². The van der Waals surface area contributed by atoms with Crippen LogP contribution in [0.1, 0.15) is 17.2 Å². The minimum Gasteiger partial charge on any atom is -0.322 e. The van der Waals surface area contributed by atoms with Gasteiger partial charge in [-0.15, -0.1) is 0 Å². The Bertz CT molecular complexity index is 624. The third-order valence-corrected chi connectivity index (χ3v) is 4.42. The Hall–Kier alpha value is -2.59. The van der Waals surface area contributed by atoms with Crippen molar-refractivity contribution in [2.45, 2.75) is 6.04 Å². The molecule has 1 heterocycles. The summed E-state index contributed by atoms with van der Waals surface area (Å²) in [6.07, 6.45) is 1.44. The van der Waals surface area contributed by atoms with Crippen molar-refractivity contribution in [2.24, 2.45) is 0 Å². The van der Waals surface area contributed by atoms with Gasteiger partial charge in [0.05, 0.1) is 6.04 Å². The highest BCUT2D eigenvalue weighted by atomic mass is 16.2. The zero-order valence-electron chi connectivity index (χ0n) is 13.8. The maximum absolute atomic E-state index is 11.9. The number of urea groups is 1. The van der Waals surface area contributed by atoms with E-state index in [1.165, 1.54) is 17.3 Å². The molecule has 0 bridgehead atoms. The van der Waals surface area contributed by atoms with Gasteiger partial charge in [0.15, 0.2) is 0 Å². The Morgan fingerprint density at radius 1 is 0.917 bits per heavy atom. The Kier molecular flexibility index (Phi) is 5.29. The van der Waals surface area contributed by atoms with E-state index >= 15 is 0 Å². The molecule has 0 aliphatic carbocycles. The number of hydrogen-bond donors (Lipinski definition) is 1. The molecule has 0 saturated carbocycles. The third kappa shape index (κ3) is 3.66. The number of carbonyl (C=O) groups is 1. The van der Waals surface area contributed by atoms with Crippen molar-refractivity contribution < 1.29 is 4.79 Å². The lowest BCUT2D eigenvalue weighted by Gasteiger charge is -2.39. The molecule has 0 radical (unpaired) electrons. The first-order valence-electron chi connectivity index (χ1n) is 8.30. The zero-order chi connectivity index (χ0) is 16.8. The highest BCUT2D eigenvalue weighted by Crippen LogP contribution is 2.29. The minimum absolute atomic E-state index is 0.0689. The molecule has 1 N–H and O–H groups in total. The summed E-state index contributed by atoms with van der Waals surface area (Å²) in [5.41, 5.74) is 2.57. The molecule has 2 amide bonds. The van der Waals surface area contributed by atoms with Crippen molar-refractivity contribution in [1.29, 1.82) is 0 Å². The van der Waals surface area contributed by atoms with Crippen molar-refractivity contribution in [1.82, 2.24) is 15.1 Å². The van der Waals surface area contributed by atoms with Gasteiger partial charge in [-0.3, -0.25) is 4.90 Å². The quantitative estimate of drug-likeness (QED) is 0.938. The number of piperazine rings is 1. The minimum atomic E-state index is -0.0689. The van der Waals surface area contributed by atoms with Gasteiger partial charge in [-0.1, -0.05) is 67.2 Å². The smallest absolute Gasteiger partial charge is 0.321 e. The summed E-state index contributed by atoms with van der Waals surface area (Å²) in [5, 5.41) is 2.66. The summed E-state index contributed by atoms with van der Waals surface area (Å²) in [7, 11) is 0. The fraction of sp³-hybridized carbons (Fsp3) is 0.250. The second kappa shape index (κ2) is 7.79. The topological polar surface area (TPSA) is 35.6 Å². The van der Waals surface area contributed by atoms with Gasteiger partial charge in [0, 0.05) is 26.2 Å². The van der Waals surface area contributed by atoms with Gasteiger partial charge in [-0.05, 0) is 17.3 Å². The lowest BCUT2D eigenvalue weighted by atomic mass is 9.96. The average Bonchev–Trinajstić information content (AvgIpc) is 2.64. The second-order valence-electron chi connectivity index (χ2n) is 5.90. The van der Waals surface area contributed by atoms with Crippen LogP contribution < -0.4 is 5.32 Å². The predicted molar refractivity (Wildman–Crippen MR) is 96.6 cm³/mol. The van der Waals surface area contributed by atoms with E-state index in [0.717, 1.165) is 26.2 Å². The standard InChI is InChI=1S/C20H23N3O/c1-2-21-20(24)23-15-13-22(14-16-23)19(17-9-5-3-6-10-17)18-11-7-4-8-12-18/h2-12,19H,1,13-16H2,(H,21,24). The molecular weight excluding hydrogens is 298 g/mol. The van der Waals surface area contributed by atoms with Crippen LogP contribution in [-0.2, 0) is 0 Å². The maximum Gasteiger partial charge on any atom is 0.321 e. The van der Waals surface area contributed by atoms with Crippen molar-refractivity contribution in [2.75, 3.05) is 26.2 Å². The van der Waals surface area contributed by atoms with Crippen molar-refractivity contribution in [3.05, 3.63) is 84.6 Å². The summed E-state index contributed by atoms with van der Waals surface area (Å²) in [6.45, 7) is 6.68. The summed E-state index contributed by atoms with van der Waals surface area (Å²) in [6, 6.07) is 21.3. The predicted octanol–water partition coefficient (Wildman–Crippen LogP) is 3.25. The molecule has 0 unspecified atom stereocenters. The molecule has 3 rings (SSSR count). The fourth-order valence-electron chi connectivity index (χ4n) is 3.25. The van der Waals surface area contributed by atoms with E-state index in [2.05, 4.69) is 65.3 Å². The number of hydrogen-bond acceptors (Lipinski definition) is 2. The molecule has 1 aliphatic heterocycles. The van der Waals surface area contributed by atoms with Crippen LogP contribution in [0, 0.1) is 0 Å². The number of nitrogens with one attached hydrogen (secondary N) is 1. The van der Waals surface area contributed by atoms with Crippen LogP contribution in [-0.4, -0.2) is 42.0 Å². The maximum atomic E-state index is 11.9. The van der Waals surface area contributed by atoms with Gasteiger partial charge < -0.3 is 10.2 Å². The molecule has 24 heavy (non-hydrogen) atoms. The zero-order valence-corrected chi connectivity index (χ0v) is 13.8. The first-order chi connectivity index (χ1) is 11.8. The number of carbonyl (C=O) groups excluding carboxylic acids is 1. The van der Waals surface area contributed by atoms with Crippen LogP contribution in [0.3, 0.4) is 0 Å². The molecule has 4 nitrogen and oxygen atoms in total. The summed E-state index contributed by atoms with van der Waals surface area (Å²) < 4.78 is 0. The molecule has 0 atom stereocenters. The van der Waals surface area contributed by atoms with Gasteiger partial charge in [0.2, 0.25) is 0 Å². The molecule has 124 valence electrons. The first kappa shape index (κ1) is 16.3. The van der Waals surface area contributed by atoms with Gasteiger partial charge in [-0.25, -0.2) is 4.79 Å². The first-order valence-corrected chi connectivity index (χ1v) is 8.30. The lowest BCUT2D eigenvalue weighted by Crippen LogP contribution is -2.51. The van der Waals surface area contributed by atoms with Gasteiger partial charge in [0.25, 0.3) is 0 Å². The molecule has 0 aromatic heterocycles. The molecule has 1 fully saturated rings. The Labute approximate surface area is 143 Å². The van der Waals surface area contributed by atoms with Crippen molar-refractivity contribution in [3.63, 3.8) is 0 Å². The molecule has 4 heteroatoms. The number of nitrogens with zero attached hydrogens (tertiary/aromatic N) is 2. The summed E-state index contributed by atoms with van der Waals surface area (Å²) in [5.74, 6) is 0. The van der Waals surface area contributed by atoms with E-state index in [9.17, 15) is 4.79 Å². The molecular formula is C20H23N3O. The monoisotopic (exact) mass is 321 g/mol. The van der Waals surface area contributed by atoms with Crippen LogP contribution in [0.15, 0.2) is 73.4 Å². The van der Waals surface area contributed by atoms with Gasteiger partial charge in [0.1, 0.15) is 0 Å². The van der Waals surface area contributed by atoms with E-state index in [0.29, 0.717) is 0 Å². The Morgan fingerprint density at radius 2 is 1.42 bits per heavy atom. The SMILES string of the molecule is C=CNC(=O)N1CCN(C(c2ccccc2)c2ccccc2)CC1. The van der Waals surface area contributed by atoms with Crippen LogP contribution in [0.2, 0.25) is 0 Å². The third-order valence-electron chi connectivity index (χ3n) is 4.42. The normalized spacial score (nSPS) is 15.3. The molecule has 1 saturated heterocycles. The largest absolute Gasteiger partial charge is 0.322 e. The van der Waals surface area contributed by atoms with E-state index in [-0.39, 0.29) is 12.1 Å². The Morgan fingerprint density at radius 3 is 1.88 bits per heavy atom. The molecule has 1 aliphatic rings. The van der Waals surface area contributed by atoms with Crippen LogP contribution in [0.5, 0.6) is 0 Å². The van der Waals surface area contributed by atoms with E-state index in [4.69, 9.17) is 0 Å². The highest BCUT2D eigenvalue weighted by Gasteiger charge is 2.27.